The van der Waals surface area contributed by atoms with Crippen LogP contribution in [0.15, 0.2) is 24.3 Å². The molecule has 1 aromatic heterocycles. The number of rotatable bonds is 1. The molecular weight excluding hydrogens is 239 g/mol. The van der Waals surface area contributed by atoms with E-state index in [1.807, 2.05) is 29.9 Å². The van der Waals surface area contributed by atoms with Gasteiger partial charge in [-0.15, -0.1) is 0 Å². The summed E-state index contributed by atoms with van der Waals surface area (Å²) in [6, 6.07) is 8.06. The summed E-state index contributed by atoms with van der Waals surface area (Å²) in [5.41, 5.74) is 1.29. The van der Waals surface area contributed by atoms with E-state index in [-0.39, 0.29) is 18.3 Å². The second-order valence-electron chi connectivity index (χ2n) is 6.11. The van der Waals surface area contributed by atoms with Gasteiger partial charge in [0.1, 0.15) is 0 Å². The van der Waals surface area contributed by atoms with Gasteiger partial charge in [0, 0.05) is 12.4 Å². The van der Waals surface area contributed by atoms with Crippen molar-refractivity contribution in [2.45, 2.75) is 38.9 Å². The average Bonchev–Trinajstić information content (AvgIpc) is 2.72. The molecule has 1 aromatic carbocycles. The topological polar surface area (TPSA) is 36.3 Å². The lowest BCUT2D eigenvalue weighted by Crippen LogP contribution is -2.41. The largest absolute Gasteiger partial charge is 0.514 e. The molecular formula is C14H19BN2O2. The molecule has 5 heteroatoms. The van der Waals surface area contributed by atoms with Crippen LogP contribution in [-0.4, -0.2) is 28.1 Å². The smallest absolute Gasteiger partial charge is 0.398 e. The van der Waals surface area contributed by atoms with E-state index in [4.69, 9.17) is 9.31 Å². The summed E-state index contributed by atoms with van der Waals surface area (Å²) >= 11 is 0. The van der Waals surface area contributed by atoms with Gasteiger partial charge >= 0.3 is 7.12 Å². The first-order valence-electron chi connectivity index (χ1n) is 6.59. The molecule has 1 aliphatic heterocycles. The monoisotopic (exact) mass is 258 g/mol. The first-order valence-corrected chi connectivity index (χ1v) is 6.59. The molecule has 4 nitrogen and oxygen atoms in total. The van der Waals surface area contributed by atoms with E-state index < -0.39 is 0 Å². The molecule has 1 aliphatic rings. The Morgan fingerprint density at radius 2 is 1.63 bits per heavy atom. The minimum atomic E-state index is -0.373. The number of nitrogens with zero attached hydrogens (tertiary/aromatic N) is 2. The van der Waals surface area contributed by atoms with E-state index in [1.165, 1.54) is 0 Å². The van der Waals surface area contributed by atoms with Crippen LogP contribution in [-0.2, 0) is 16.4 Å². The van der Waals surface area contributed by atoms with Gasteiger partial charge in [0.2, 0.25) is 0 Å². The van der Waals surface area contributed by atoms with Crippen LogP contribution in [0.25, 0.3) is 10.9 Å². The minimum Gasteiger partial charge on any atom is -0.398 e. The fourth-order valence-corrected chi connectivity index (χ4v) is 2.40. The van der Waals surface area contributed by atoms with Crippen molar-refractivity contribution in [3.8, 4) is 0 Å². The molecule has 0 radical (unpaired) electrons. The normalized spacial score (nSPS) is 21.2. The highest BCUT2D eigenvalue weighted by atomic mass is 16.7. The summed E-state index contributed by atoms with van der Waals surface area (Å²) in [4.78, 5) is 0. The molecule has 0 unspecified atom stereocenters. The fourth-order valence-electron chi connectivity index (χ4n) is 2.40. The average molecular weight is 258 g/mol. The van der Waals surface area contributed by atoms with Gasteiger partial charge in [-0.1, -0.05) is 18.2 Å². The van der Waals surface area contributed by atoms with E-state index >= 15 is 0 Å². The van der Waals surface area contributed by atoms with E-state index in [0.717, 1.165) is 16.5 Å². The maximum Gasteiger partial charge on any atom is 0.514 e. The number of hydrogen-bond donors (Lipinski definition) is 0. The van der Waals surface area contributed by atoms with Crippen LogP contribution in [0.2, 0.25) is 0 Å². The lowest BCUT2D eigenvalue weighted by atomic mass is 9.82. The van der Waals surface area contributed by atoms with E-state index in [1.54, 1.807) is 0 Å². The molecule has 0 saturated carbocycles. The molecule has 0 N–H and O–H groups in total. The zero-order valence-electron chi connectivity index (χ0n) is 12.1. The number of benzene rings is 1. The highest BCUT2D eigenvalue weighted by Gasteiger charge is 2.53. The van der Waals surface area contributed by atoms with Crippen molar-refractivity contribution in [3.05, 3.63) is 24.3 Å². The van der Waals surface area contributed by atoms with Crippen molar-refractivity contribution in [1.29, 1.82) is 0 Å². The predicted octanol–water partition coefficient (Wildman–Crippen LogP) is 1.87. The van der Waals surface area contributed by atoms with Crippen LogP contribution in [0.5, 0.6) is 0 Å². The minimum absolute atomic E-state index is 0.330. The molecule has 2 aromatic rings. The fraction of sp³-hybridized carbons (Fsp3) is 0.500. The van der Waals surface area contributed by atoms with Gasteiger partial charge in [0.05, 0.1) is 22.3 Å². The third-order valence-corrected chi connectivity index (χ3v) is 4.26. The summed E-state index contributed by atoms with van der Waals surface area (Å²) < 4.78 is 14.1. The number of fused-ring (bicyclic) bond motifs is 1. The first-order chi connectivity index (χ1) is 8.82. The lowest BCUT2D eigenvalue weighted by molar-refractivity contribution is 0.00578. The third kappa shape index (κ3) is 1.80. The van der Waals surface area contributed by atoms with Gasteiger partial charge < -0.3 is 9.31 Å². The van der Waals surface area contributed by atoms with Crippen LogP contribution in [0, 0.1) is 0 Å². The lowest BCUT2D eigenvalue weighted by Gasteiger charge is -2.32. The Kier molecular flexibility index (Phi) is 2.56. The van der Waals surface area contributed by atoms with Gasteiger partial charge in [-0.2, -0.15) is 5.10 Å². The summed E-state index contributed by atoms with van der Waals surface area (Å²) in [6.45, 7) is 8.24. The van der Waals surface area contributed by atoms with Crippen LogP contribution in [0.3, 0.4) is 0 Å². The van der Waals surface area contributed by atoms with Crippen LogP contribution in [0.1, 0.15) is 27.7 Å². The van der Waals surface area contributed by atoms with Crippen LogP contribution in [0.4, 0.5) is 0 Å². The summed E-state index contributed by atoms with van der Waals surface area (Å²) in [7, 11) is 1.56. The van der Waals surface area contributed by atoms with Gasteiger partial charge in [0.25, 0.3) is 0 Å². The van der Waals surface area contributed by atoms with Crippen LogP contribution >= 0.6 is 0 Å². The summed E-state index contributed by atoms with van der Waals surface area (Å²) in [5, 5.41) is 5.60. The van der Waals surface area contributed by atoms with Crippen molar-refractivity contribution in [2.24, 2.45) is 7.05 Å². The van der Waals surface area contributed by atoms with Crippen molar-refractivity contribution >= 4 is 23.6 Å². The van der Waals surface area contributed by atoms with Gasteiger partial charge in [-0.05, 0) is 33.8 Å². The Balaban J connectivity index is 2.10. The molecule has 1 fully saturated rings. The molecule has 19 heavy (non-hydrogen) atoms. The quantitative estimate of drug-likeness (QED) is 0.733. The molecule has 3 rings (SSSR count). The maximum atomic E-state index is 6.11. The van der Waals surface area contributed by atoms with E-state index in [9.17, 15) is 0 Å². The standard InChI is InChI=1S/C14H19BN2O2/c1-13(2)14(3,4)19-15(18-13)12-10-8-6-7-9-11(10)16-17(12)5/h6-9H,1-5H3. The number of aromatic nitrogens is 2. The highest BCUT2D eigenvalue weighted by Crippen LogP contribution is 2.36. The number of aryl methyl sites for hydroxylation is 1. The summed E-state index contributed by atoms with van der Waals surface area (Å²) in [5.74, 6) is 0. The molecule has 0 amide bonds. The Bertz CT molecular complexity index is 617. The van der Waals surface area contributed by atoms with Crippen molar-refractivity contribution in [2.75, 3.05) is 0 Å². The highest BCUT2D eigenvalue weighted by molar-refractivity contribution is 6.64. The zero-order valence-corrected chi connectivity index (χ0v) is 12.1. The van der Waals surface area contributed by atoms with Gasteiger partial charge in [-0.25, -0.2) is 0 Å². The Labute approximate surface area is 113 Å². The Morgan fingerprint density at radius 1 is 1.05 bits per heavy atom. The summed E-state index contributed by atoms with van der Waals surface area (Å²) in [6.07, 6.45) is 0. The second-order valence-corrected chi connectivity index (χ2v) is 6.11. The SMILES string of the molecule is Cn1nc2ccccc2c1B1OC(C)(C)C(C)(C)O1. The van der Waals surface area contributed by atoms with Crippen molar-refractivity contribution in [1.82, 2.24) is 9.78 Å². The number of hydrogen-bond acceptors (Lipinski definition) is 3. The Morgan fingerprint density at radius 3 is 2.26 bits per heavy atom. The first kappa shape index (κ1) is 12.7. The van der Waals surface area contributed by atoms with Crippen molar-refractivity contribution < 1.29 is 9.31 Å². The van der Waals surface area contributed by atoms with Crippen LogP contribution < -0.4 is 5.59 Å². The van der Waals surface area contributed by atoms with Crippen molar-refractivity contribution in [3.63, 3.8) is 0 Å². The molecule has 2 heterocycles. The molecule has 0 aliphatic carbocycles. The van der Waals surface area contributed by atoms with E-state index in [0.29, 0.717) is 0 Å². The second kappa shape index (κ2) is 3.84. The maximum absolute atomic E-state index is 6.11. The van der Waals surface area contributed by atoms with Gasteiger partial charge in [0.15, 0.2) is 0 Å². The molecule has 1 saturated heterocycles. The zero-order chi connectivity index (χ0) is 13.8. The van der Waals surface area contributed by atoms with Gasteiger partial charge in [-0.3, -0.25) is 4.68 Å². The molecule has 0 spiro atoms. The molecule has 100 valence electrons. The Hall–Kier alpha value is -1.33. The molecule has 0 bridgehead atoms. The predicted molar refractivity (Wildman–Crippen MR) is 76.4 cm³/mol. The molecule has 0 atom stereocenters. The third-order valence-electron chi connectivity index (χ3n) is 4.26. The van der Waals surface area contributed by atoms with E-state index in [2.05, 4.69) is 38.9 Å².